The normalized spacial score (nSPS) is 14.8. The third-order valence-electron chi connectivity index (χ3n) is 4.98. The topological polar surface area (TPSA) is 51.5 Å². The summed E-state index contributed by atoms with van der Waals surface area (Å²) >= 11 is 6.05. The molecule has 1 unspecified atom stereocenters. The van der Waals surface area contributed by atoms with Crippen molar-refractivity contribution in [2.24, 2.45) is 0 Å². The van der Waals surface area contributed by atoms with Gasteiger partial charge < -0.3 is 14.2 Å². The van der Waals surface area contributed by atoms with Crippen LogP contribution in [0.1, 0.15) is 30.2 Å². The molecule has 1 amide bonds. The number of ketones is 1. The van der Waals surface area contributed by atoms with E-state index >= 15 is 0 Å². The monoisotopic (exact) mass is 382 g/mol. The summed E-state index contributed by atoms with van der Waals surface area (Å²) in [6, 6.07) is 12.4. The molecule has 2 aromatic carbocycles. The Morgan fingerprint density at radius 3 is 2.81 bits per heavy atom. The number of rotatable bonds is 4. The van der Waals surface area contributed by atoms with Crippen molar-refractivity contribution in [3.8, 4) is 5.75 Å². The lowest BCUT2D eigenvalue weighted by Crippen LogP contribution is -2.38. The van der Waals surface area contributed by atoms with E-state index in [9.17, 15) is 9.59 Å². The van der Waals surface area contributed by atoms with Gasteiger partial charge in [-0.15, -0.1) is 0 Å². The molecule has 0 aliphatic carbocycles. The SMILES string of the molecule is CCN1C(=O)COc2ccc(C(=O)C(C)n3ccc4cc(Cl)ccc43)cc21. The zero-order chi connectivity index (χ0) is 19.1. The van der Waals surface area contributed by atoms with E-state index < -0.39 is 6.04 Å². The number of likely N-dealkylation sites (N-methyl/N-ethyl adjacent to an activating group) is 1. The predicted octanol–water partition coefficient (Wildman–Crippen LogP) is 4.48. The molecule has 0 bridgehead atoms. The summed E-state index contributed by atoms with van der Waals surface area (Å²) < 4.78 is 7.42. The summed E-state index contributed by atoms with van der Waals surface area (Å²) in [6.07, 6.45) is 1.90. The van der Waals surface area contributed by atoms with Crippen LogP contribution in [0.3, 0.4) is 0 Å². The van der Waals surface area contributed by atoms with E-state index in [1.807, 2.05) is 48.9 Å². The highest BCUT2D eigenvalue weighted by atomic mass is 35.5. The number of benzene rings is 2. The molecule has 0 fully saturated rings. The molecule has 0 N–H and O–H groups in total. The van der Waals surface area contributed by atoms with Crippen molar-refractivity contribution in [3.05, 3.63) is 59.2 Å². The minimum absolute atomic E-state index is 0.0284. The van der Waals surface area contributed by atoms with Gasteiger partial charge in [-0.05, 0) is 56.3 Å². The fraction of sp³-hybridized carbons (Fsp3) is 0.238. The van der Waals surface area contributed by atoms with Crippen LogP contribution in [0, 0.1) is 0 Å². The summed E-state index contributed by atoms with van der Waals surface area (Å²) in [5.41, 5.74) is 2.15. The standard InChI is InChI=1S/C21H19ClN2O3/c1-3-23-18-11-15(4-7-19(18)27-12-20(23)25)21(26)13(2)24-9-8-14-10-16(22)5-6-17(14)24/h4-11,13H,3,12H2,1-2H3. The van der Waals surface area contributed by atoms with Crippen molar-refractivity contribution >= 4 is 39.9 Å². The molecule has 1 aliphatic heterocycles. The van der Waals surface area contributed by atoms with Crippen LogP contribution in [0.2, 0.25) is 5.02 Å². The lowest BCUT2D eigenvalue weighted by atomic mass is 10.0. The molecule has 1 aliphatic rings. The van der Waals surface area contributed by atoms with E-state index in [1.165, 1.54) is 0 Å². The fourth-order valence-electron chi connectivity index (χ4n) is 3.54. The van der Waals surface area contributed by atoms with Crippen LogP contribution in [0.25, 0.3) is 10.9 Å². The third-order valence-corrected chi connectivity index (χ3v) is 5.22. The van der Waals surface area contributed by atoms with Crippen LogP contribution in [-0.4, -0.2) is 29.4 Å². The van der Waals surface area contributed by atoms with Crippen LogP contribution >= 0.6 is 11.6 Å². The van der Waals surface area contributed by atoms with E-state index in [0.717, 1.165) is 10.9 Å². The molecular weight excluding hydrogens is 364 g/mol. The van der Waals surface area contributed by atoms with Crippen LogP contribution in [0.4, 0.5) is 5.69 Å². The van der Waals surface area contributed by atoms with Crippen molar-refractivity contribution in [1.29, 1.82) is 0 Å². The molecule has 2 heterocycles. The lowest BCUT2D eigenvalue weighted by molar-refractivity contribution is -0.121. The van der Waals surface area contributed by atoms with Crippen molar-refractivity contribution in [2.75, 3.05) is 18.1 Å². The quantitative estimate of drug-likeness (QED) is 0.625. The number of nitrogens with zero attached hydrogens (tertiary/aromatic N) is 2. The Kier molecular flexibility index (Phi) is 4.40. The maximum Gasteiger partial charge on any atom is 0.265 e. The molecule has 0 radical (unpaired) electrons. The Morgan fingerprint density at radius 2 is 2.04 bits per heavy atom. The van der Waals surface area contributed by atoms with Crippen molar-refractivity contribution in [2.45, 2.75) is 19.9 Å². The number of hydrogen-bond donors (Lipinski definition) is 0. The molecule has 5 nitrogen and oxygen atoms in total. The molecule has 138 valence electrons. The molecule has 1 atom stereocenters. The number of halogens is 1. The van der Waals surface area contributed by atoms with Gasteiger partial charge in [0, 0.05) is 34.2 Å². The van der Waals surface area contributed by atoms with E-state index in [2.05, 4.69) is 0 Å². The number of amides is 1. The molecule has 6 heteroatoms. The molecular formula is C21H19ClN2O3. The number of fused-ring (bicyclic) bond motifs is 2. The predicted molar refractivity (Wildman–Crippen MR) is 106 cm³/mol. The Bertz CT molecular complexity index is 1060. The zero-order valence-electron chi connectivity index (χ0n) is 15.1. The zero-order valence-corrected chi connectivity index (χ0v) is 15.9. The molecule has 0 saturated carbocycles. The van der Waals surface area contributed by atoms with Gasteiger partial charge in [0.1, 0.15) is 5.75 Å². The van der Waals surface area contributed by atoms with Crippen LogP contribution < -0.4 is 9.64 Å². The highest BCUT2D eigenvalue weighted by molar-refractivity contribution is 6.31. The first kappa shape index (κ1) is 17.6. The Morgan fingerprint density at radius 1 is 1.22 bits per heavy atom. The highest BCUT2D eigenvalue weighted by Crippen LogP contribution is 2.34. The van der Waals surface area contributed by atoms with E-state index in [0.29, 0.717) is 28.6 Å². The van der Waals surface area contributed by atoms with Gasteiger partial charge in [0.2, 0.25) is 0 Å². The van der Waals surface area contributed by atoms with Gasteiger partial charge in [0.25, 0.3) is 5.91 Å². The summed E-state index contributed by atoms with van der Waals surface area (Å²) in [6.45, 7) is 4.34. The van der Waals surface area contributed by atoms with Crippen LogP contribution in [0.5, 0.6) is 5.75 Å². The second-order valence-corrected chi connectivity index (χ2v) is 7.01. The molecule has 3 aromatic rings. The Balaban J connectivity index is 1.70. The number of Topliss-reactive ketones (excluding diaryl/α,β-unsaturated/α-hetero) is 1. The molecule has 0 spiro atoms. The van der Waals surface area contributed by atoms with Gasteiger partial charge in [0.05, 0.1) is 11.7 Å². The Labute approximate surface area is 162 Å². The van der Waals surface area contributed by atoms with Crippen molar-refractivity contribution in [1.82, 2.24) is 4.57 Å². The first-order chi connectivity index (χ1) is 13.0. The van der Waals surface area contributed by atoms with Gasteiger partial charge >= 0.3 is 0 Å². The average molecular weight is 383 g/mol. The molecule has 1 aromatic heterocycles. The van der Waals surface area contributed by atoms with E-state index in [-0.39, 0.29) is 18.3 Å². The van der Waals surface area contributed by atoms with Crippen LogP contribution in [-0.2, 0) is 4.79 Å². The number of carbonyl (C=O) groups excluding carboxylic acids is 2. The maximum absolute atomic E-state index is 13.1. The molecule has 27 heavy (non-hydrogen) atoms. The minimum Gasteiger partial charge on any atom is -0.482 e. The number of carbonyl (C=O) groups is 2. The third kappa shape index (κ3) is 2.98. The van der Waals surface area contributed by atoms with E-state index in [4.69, 9.17) is 16.3 Å². The number of ether oxygens (including phenoxy) is 1. The van der Waals surface area contributed by atoms with Crippen molar-refractivity contribution in [3.63, 3.8) is 0 Å². The molecule has 4 rings (SSSR count). The summed E-state index contributed by atoms with van der Waals surface area (Å²) in [7, 11) is 0. The minimum atomic E-state index is -0.392. The summed E-state index contributed by atoms with van der Waals surface area (Å²) in [5, 5.41) is 1.65. The largest absolute Gasteiger partial charge is 0.482 e. The van der Waals surface area contributed by atoms with Gasteiger partial charge in [-0.1, -0.05) is 11.6 Å². The Hall–Kier alpha value is -2.79. The van der Waals surface area contributed by atoms with Gasteiger partial charge in [0.15, 0.2) is 12.4 Å². The number of hydrogen-bond acceptors (Lipinski definition) is 3. The summed E-state index contributed by atoms with van der Waals surface area (Å²) in [4.78, 5) is 26.8. The van der Waals surface area contributed by atoms with E-state index in [1.54, 1.807) is 23.1 Å². The van der Waals surface area contributed by atoms with Gasteiger partial charge in [-0.2, -0.15) is 0 Å². The van der Waals surface area contributed by atoms with Crippen molar-refractivity contribution < 1.29 is 14.3 Å². The molecule has 0 saturated heterocycles. The highest BCUT2D eigenvalue weighted by Gasteiger charge is 2.26. The smallest absolute Gasteiger partial charge is 0.265 e. The summed E-state index contributed by atoms with van der Waals surface area (Å²) in [5.74, 6) is 0.497. The lowest BCUT2D eigenvalue weighted by Gasteiger charge is -2.29. The van der Waals surface area contributed by atoms with Crippen LogP contribution in [0.15, 0.2) is 48.7 Å². The number of aromatic nitrogens is 1. The van der Waals surface area contributed by atoms with Gasteiger partial charge in [-0.3, -0.25) is 9.59 Å². The second kappa shape index (κ2) is 6.74. The first-order valence-corrected chi connectivity index (χ1v) is 9.25. The fourth-order valence-corrected chi connectivity index (χ4v) is 3.72. The maximum atomic E-state index is 13.1. The van der Waals surface area contributed by atoms with Gasteiger partial charge in [-0.25, -0.2) is 0 Å². The second-order valence-electron chi connectivity index (χ2n) is 6.58. The average Bonchev–Trinajstić information content (AvgIpc) is 3.09. The number of anilines is 1. The first-order valence-electron chi connectivity index (χ1n) is 8.87.